The quantitative estimate of drug-likeness (QED) is 0.385. The molecular formula is C19H28IN5O2. The summed E-state index contributed by atoms with van der Waals surface area (Å²) in [5, 5.41) is 2.72. The number of hydrogen-bond acceptors (Lipinski definition) is 3. The minimum atomic E-state index is -0.114. The number of carbonyl (C=O) groups excluding carboxylic acids is 2. The van der Waals surface area contributed by atoms with Gasteiger partial charge >= 0.3 is 0 Å². The molecule has 3 N–H and O–H groups in total. The van der Waals surface area contributed by atoms with Gasteiger partial charge in [-0.05, 0) is 36.5 Å². The highest BCUT2D eigenvalue weighted by Gasteiger charge is 2.22. The molecule has 2 aliphatic rings. The summed E-state index contributed by atoms with van der Waals surface area (Å²) in [5.41, 5.74) is 7.72. The van der Waals surface area contributed by atoms with Crippen LogP contribution in [0.4, 0.5) is 0 Å². The van der Waals surface area contributed by atoms with Gasteiger partial charge in [0.15, 0.2) is 5.96 Å². The fourth-order valence-electron chi connectivity index (χ4n) is 3.42. The molecule has 0 saturated carbocycles. The van der Waals surface area contributed by atoms with E-state index in [1.54, 1.807) is 17.0 Å². The molecule has 0 radical (unpaired) electrons. The summed E-state index contributed by atoms with van der Waals surface area (Å²) >= 11 is 0. The average molecular weight is 485 g/mol. The summed E-state index contributed by atoms with van der Waals surface area (Å²) in [6, 6.07) is 7.37. The highest BCUT2D eigenvalue weighted by Crippen LogP contribution is 2.15. The maximum Gasteiger partial charge on any atom is 0.254 e. The Kier molecular flexibility index (Phi) is 7.88. The van der Waals surface area contributed by atoms with Gasteiger partial charge in [0.1, 0.15) is 0 Å². The molecule has 2 saturated heterocycles. The maximum atomic E-state index is 12.5. The molecule has 1 aromatic carbocycles. The molecule has 1 aromatic rings. The highest BCUT2D eigenvalue weighted by molar-refractivity contribution is 14.0. The summed E-state index contributed by atoms with van der Waals surface area (Å²) in [5.74, 6) is 1.02. The molecule has 3 rings (SSSR count). The second-order valence-electron chi connectivity index (χ2n) is 7.14. The lowest BCUT2D eigenvalue weighted by atomic mass is 10.0. The Morgan fingerprint density at radius 1 is 1.26 bits per heavy atom. The second-order valence-corrected chi connectivity index (χ2v) is 7.14. The Bertz CT molecular complexity index is 692. The maximum absolute atomic E-state index is 12.5. The van der Waals surface area contributed by atoms with Gasteiger partial charge in [-0.15, -0.1) is 24.0 Å². The fourth-order valence-corrected chi connectivity index (χ4v) is 3.42. The van der Waals surface area contributed by atoms with E-state index in [4.69, 9.17) is 5.73 Å². The van der Waals surface area contributed by atoms with Crippen molar-refractivity contribution in [1.29, 1.82) is 0 Å². The molecule has 1 atom stereocenters. The third kappa shape index (κ3) is 5.82. The van der Waals surface area contributed by atoms with Crippen LogP contribution in [0, 0.1) is 5.92 Å². The van der Waals surface area contributed by atoms with Crippen LogP contribution in [0.3, 0.4) is 0 Å². The molecule has 2 fully saturated rings. The van der Waals surface area contributed by atoms with E-state index in [-0.39, 0.29) is 42.3 Å². The molecule has 2 heterocycles. The van der Waals surface area contributed by atoms with E-state index in [0.29, 0.717) is 37.1 Å². The molecule has 0 aliphatic carbocycles. The Morgan fingerprint density at radius 3 is 2.67 bits per heavy atom. The number of nitrogens with zero attached hydrogens (tertiary/aromatic N) is 3. The van der Waals surface area contributed by atoms with Crippen LogP contribution >= 0.6 is 24.0 Å². The Hall–Kier alpha value is -1.84. The predicted molar refractivity (Wildman–Crippen MR) is 116 cm³/mol. The van der Waals surface area contributed by atoms with Gasteiger partial charge in [0, 0.05) is 31.7 Å². The van der Waals surface area contributed by atoms with Gasteiger partial charge < -0.3 is 20.9 Å². The van der Waals surface area contributed by atoms with Crippen LogP contribution in [-0.4, -0.2) is 60.3 Å². The van der Waals surface area contributed by atoms with Crippen LogP contribution in [0.2, 0.25) is 0 Å². The number of guanidine groups is 1. The molecule has 0 aromatic heterocycles. The number of amides is 2. The third-order valence-electron chi connectivity index (χ3n) is 4.93. The Labute approximate surface area is 177 Å². The van der Waals surface area contributed by atoms with Crippen molar-refractivity contribution in [2.75, 3.05) is 32.7 Å². The van der Waals surface area contributed by atoms with E-state index >= 15 is 0 Å². The third-order valence-corrected chi connectivity index (χ3v) is 4.93. The number of piperazine rings is 1. The van der Waals surface area contributed by atoms with Crippen molar-refractivity contribution in [2.24, 2.45) is 16.6 Å². The summed E-state index contributed by atoms with van der Waals surface area (Å²) in [6.45, 7) is 5.84. The first-order valence-corrected chi connectivity index (χ1v) is 9.22. The van der Waals surface area contributed by atoms with Gasteiger partial charge in [-0.2, -0.15) is 0 Å². The van der Waals surface area contributed by atoms with Crippen LogP contribution < -0.4 is 11.1 Å². The number of nitrogens with one attached hydrogen (secondary N) is 1. The molecule has 27 heavy (non-hydrogen) atoms. The van der Waals surface area contributed by atoms with Crippen molar-refractivity contribution in [3.8, 4) is 0 Å². The Morgan fingerprint density at radius 2 is 2.00 bits per heavy atom. The number of hydrogen-bond donors (Lipinski definition) is 2. The van der Waals surface area contributed by atoms with E-state index in [1.807, 2.05) is 12.1 Å². The number of aliphatic imine (C=N–C) groups is 1. The standard InChI is InChI=1S/C19H27N5O2.HI/c1-14-3-2-9-24(12-14)19(20)22-11-15-4-6-16(7-5-15)18(26)23-10-8-21-17(25)13-23;/h4-7,14H,2-3,8-13H2,1H3,(H2,20,22)(H,21,25);1H. The van der Waals surface area contributed by atoms with Crippen molar-refractivity contribution in [3.63, 3.8) is 0 Å². The normalized spacial score (nSPS) is 20.7. The van der Waals surface area contributed by atoms with E-state index < -0.39 is 0 Å². The van der Waals surface area contributed by atoms with Gasteiger partial charge in [0.25, 0.3) is 5.91 Å². The molecular weight excluding hydrogens is 457 g/mol. The van der Waals surface area contributed by atoms with Gasteiger partial charge in [-0.3, -0.25) is 9.59 Å². The van der Waals surface area contributed by atoms with E-state index in [9.17, 15) is 9.59 Å². The molecule has 2 amide bonds. The molecule has 2 aliphatic heterocycles. The predicted octanol–water partition coefficient (Wildman–Crippen LogP) is 1.42. The highest BCUT2D eigenvalue weighted by atomic mass is 127. The van der Waals surface area contributed by atoms with Gasteiger partial charge in [-0.25, -0.2) is 4.99 Å². The number of piperidine rings is 1. The van der Waals surface area contributed by atoms with Crippen LogP contribution in [0.5, 0.6) is 0 Å². The second kappa shape index (κ2) is 9.91. The van der Waals surface area contributed by atoms with E-state index in [1.165, 1.54) is 6.42 Å². The zero-order valence-electron chi connectivity index (χ0n) is 15.7. The van der Waals surface area contributed by atoms with Crippen LogP contribution in [0.15, 0.2) is 29.3 Å². The minimum absolute atomic E-state index is 0. The summed E-state index contributed by atoms with van der Waals surface area (Å²) in [6.07, 6.45) is 2.40. The van der Waals surface area contributed by atoms with E-state index in [0.717, 1.165) is 25.1 Å². The molecule has 148 valence electrons. The van der Waals surface area contributed by atoms with E-state index in [2.05, 4.69) is 22.1 Å². The lowest BCUT2D eigenvalue weighted by molar-refractivity contribution is -0.123. The van der Waals surface area contributed by atoms with Crippen molar-refractivity contribution < 1.29 is 9.59 Å². The summed E-state index contributed by atoms with van der Waals surface area (Å²) in [4.78, 5) is 32.1. The Balaban J connectivity index is 0.00000261. The van der Waals surface area contributed by atoms with Gasteiger partial charge in [-0.1, -0.05) is 19.1 Å². The minimum Gasteiger partial charge on any atom is -0.370 e. The average Bonchev–Trinajstić information content (AvgIpc) is 2.66. The lowest BCUT2D eigenvalue weighted by Gasteiger charge is -2.31. The first kappa shape index (κ1) is 21.5. The van der Waals surface area contributed by atoms with Crippen molar-refractivity contribution in [1.82, 2.24) is 15.1 Å². The molecule has 0 spiro atoms. The molecule has 8 heteroatoms. The first-order valence-electron chi connectivity index (χ1n) is 9.22. The van der Waals surface area contributed by atoms with Crippen molar-refractivity contribution >= 4 is 41.8 Å². The molecule has 7 nitrogen and oxygen atoms in total. The lowest BCUT2D eigenvalue weighted by Crippen LogP contribution is -2.49. The molecule has 1 unspecified atom stereocenters. The number of halogens is 1. The molecule has 0 bridgehead atoms. The van der Waals surface area contributed by atoms with Crippen LogP contribution in [0.25, 0.3) is 0 Å². The van der Waals surface area contributed by atoms with Crippen LogP contribution in [0.1, 0.15) is 35.7 Å². The summed E-state index contributed by atoms with van der Waals surface area (Å²) in [7, 11) is 0. The van der Waals surface area contributed by atoms with Gasteiger partial charge in [0.2, 0.25) is 5.91 Å². The number of carbonyl (C=O) groups is 2. The monoisotopic (exact) mass is 485 g/mol. The SMILES string of the molecule is CC1CCCN(C(N)=NCc2ccc(C(=O)N3CCNC(=O)C3)cc2)C1.I. The van der Waals surface area contributed by atoms with Crippen molar-refractivity contribution in [2.45, 2.75) is 26.3 Å². The summed E-state index contributed by atoms with van der Waals surface area (Å²) < 4.78 is 0. The first-order chi connectivity index (χ1) is 12.5. The zero-order chi connectivity index (χ0) is 18.5. The largest absolute Gasteiger partial charge is 0.370 e. The number of likely N-dealkylation sites (tertiary alicyclic amines) is 1. The van der Waals surface area contributed by atoms with Crippen molar-refractivity contribution in [3.05, 3.63) is 35.4 Å². The smallest absolute Gasteiger partial charge is 0.254 e. The number of rotatable bonds is 3. The topological polar surface area (TPSA) is 91.0 Å². The zero-order valence-corrected chi connectivity index (χ0v) is 18.0. The fraction of sp³-hybridized carbons (Fsp3) is 0.526. The number of benzene rings is 1. The number of nitrogens with two attached hydrogens (primary N) is 1. The van der Waals surface area contributed by atoms with Gasteiger partial charge in [0.05, 0.1) is 13.1 Å². The van der Waals surface area contributed by atoms with Crippen LogP contribution in [-0.2, 0) is 11.3 Å².